The first-order chi connectivity index (χ1) is 11.7. The van der Waals surface area contributed by atoms with Crippen molar-refractivity contribution in [1.82, 2.24) is 15.1 Å². The van der Waals surface area contributed by atoms with Crippen molar-refractivity contribution in [2.24, 2.45) is 0 Å². The summed E-state index contributed by atoms with van der Waals surface area (Å²) in [6, 6.07) is 16.6. The van der Waals surface area contributed by atoms with Gasteiger partial charge in [0.25, 0.3) is 5.56 Å². The van der Waals surface area contributed by atoms with Gasteiger partial charge in [-0.2, -0.15) is 5.10 Å². The number of nitrogens with zero attached hydrogens (tertiary/aromatic N) is 2. The molecule has 1 aliphatic rings. The van der Waals surface area contributed by atoms with E-state index in [2.05, 4.69) is 46.3 Å². The van der Waals surface area contributed by atoms with Gasteiger partial charge in [0.15, 0.2) is 0 Å². The molecule has 1 aromatic heterocycles. The summed E-state index contributed by atoms with van der Waals surface area (Å²) < 4.78 is 0. The fraction of sp³-hybridized carbons (Fsp3) is 0.300. The predicted molar refractivity (Wildman–Crippen MR) is 97.0 cm³/mol. The number of H-pyrrole nitrogens is 1. The molecule has 0 aliphatic carbocycles. The number of aromatic amines is 1. The third-order valence-electron chi connectivity index (χ3n) is 5.05. The number of benzene rings is 2. The number of hydrogen-bond donors (Lipinski definition) is 1. The molecule has 1 aliphatic heterocycles. The van der Waals surface area contributed by atoms with Gasteiger partial charge >= 0.3 is 0 Å². The standard InChI is InChI=1S/C20H21N3O/c1-14(23-12-4-5-13-23)15-8-10-16(11-9-15)19-17-6-2-3-7-18(17)20(24)22-21-19/h2-3,6-11,14H,4-5,12-13H2,1H3,(H,22,24)/t14-/m1/s1. The summed E-state index contributed by atoms with van der Waals surface area (Å²) in [7, 11) is 0. The largest absolute Gasteiger partial charge is 0.297 e. The summed E-state index contributed by atoms with van der Waals surface area (Å²) in [6.45, 7) is 4.65. The van der Waals surface area contributed by atoms with E-state index in [1.165, 1.54) is 31.5 Å². The first-order valence-electron chi connectivity index (χ1n) is 8.56. The molecule has 4 rings (SSSR count). The van der Waals surface area contributed by atoms with Crippen LogP contribution in [0.4, 0.5) is 0 Å². The van der Waals surface area contributed by atoms with Gasteiger partial charge in [-0.25, -0.2) is 5.10 Å². The Kier molecular flexibility index (Phi) is 3.90. The van der Waals surface area contributed by atoms with E-state index < -0.39 is 0 Å². The SMILES string of the molecule is C[C@H](c1ccc(-c2n[nH]c(=O)c3ccccc23)cc1)N1CCCC1. The monoisotopic (exact) mass is 319 g/mol. The molecule has 1 saturated heterocycles. The summed E-state index contributed by atoms with van der Waals surface area (Å²) in [6.07, 6.45) is 2.60. The Labute approximate surface area is 141 Å². The average molecular weight is 319 g/mol. The number of rotatable bonds is 3. The molecule has 1 N–H and O–H groups in total. The van der Waals surface area contributed by atoms with E-state index in [9.17, 15) is 4.79 Å². The Hall–Kier alpha value is -2.46. The fourth-order valence-corrected chi connectivity index (χ4v) is 3.59. The summed E-state index contributed by atoms with van der Waals surface area (Å²) in [5.41, 5.74) is 3.04. The highest BCUT2D eigenvalue weighted by Crippen LogP contribution is 2.28. The van der Waals surface area contributed by atoms with E-state index >= 15 is 0 Å². The number of hydrogen-bond acceptors (Lipinski definition) is 3. The van der Waals surface area contributed by atoms with Crippen molar-refractivity contribution in [1.29, 1.82) is 0 Å². The zero-order valence-electron chi connectivity index (χ0n) is 13.8. The van der Waals surface area contributed by atoms with Gasteiger partial charge in [-0.05, 0) is 44.5 Å². The molecule has 24 heavy (non-hydrogen) atoms. The lowest BCUT2D eigenvalue weighted by molar-refractivity contribution is 0.263. The summed E-state index contributed by atoms with van der Waals surface area (Å²) in [5.74, 6) is 0. The number of likely N-dealkylation sites (tertiary alicyclic amines) is 1. The van der Waals surface area contributed by atoms with Gasteiger partial charge in [-0.1, -0.05) is 42.5 Å². The lowest BCUT2D eigenvalue weighted by Gasteiger charge is -2.24. The zero-order valence-corrected chi connectivity index (χ0v) is 13.8. The molecule has 122 valence electrons. The second kappa shape index (κ2) is 6.21. The minimum atomic E-state index is -0.145. The highest BCUT2D eigenvalue weighted by atomic mass is 16.1. The molecule has 4 heteroatoms. The van der Waals surface area contributed by atoms with Crippen molar-refractivity contribution in [2.75, 3.05) is 13.1 Å². The first-order valence-corrected chi connectivity index (χ1v) is 8.56. The van der Waals surface area contributed by atoms with Crippen LogP contribution in [0.3, 0.4) is 0 Å². The van der Waals surface area contributed by atoms with E-state index in [1.807, 2.05) is 24.3 Å². The van der Waals surface area contributed by atoms with Crippen LogP contribution in [0, 0.1) is 0 Å². The average Bonchev–Trinajstić information content (AvgIpc) is 3.17. The maximum absolute atomic E-state index is 11.9. The smallest absolute Gasteiger partial charge is 0.272 e. The van der Waals surface area contributed by atoms with Crippen molar-refractivity contribution >= 4 is 10.8 Å². The van der Waals surface area contributed by atoms with Gasteiger partial charge in [0.1, 0.15) is 0 Å². The lowest BCUT2D eigenvalue weighted by Crippen LogP contribution is -2.23. The predicted octanol–water partition coefficient (Wildman–Crippen LogP) is 3.75. The van der Waals surface area contributed by atoms with E-state index in [0.29, 0.717) is 11.4 Å². The van der Waals surface area contributed by atoms with Crippen LogP contribution >= 0.6 is 0 Å². The lowest BCUT2D eigenvalue weighted by atomic mass is 10.0. The van der Waals surface area contributed by atoms with E-state index in [4.69, 9.17) is 0 Å². The van der Waals surface area contributed by atoms with Gasteiger partial charge in [-0.15, -0.1) is 0 Å². The van der Waals surface area contributed by atoms with Crippen LogP contribution in [-0.4, -0.2) is 28.2 Å². The second-order valence-corrected chi connectivity index (χ2v) is 6.49. The van der Waals surface area contributed by atoms with Crippen LogP contribution in [0.2, 0.25) is 0 Å². The molecule has 0 amide bonds. The molecule has 2 heterocycles. The third kappa shape index (κ3) is 2.63. The van der Waals surface area contributed by atoms with Crippen LogP contribution in [0.15, 0.2) is 53.3 Å². The van der Waals surface area contributed by atoms with Crippen LogP contribution in [0.1, 0.15) is 31.4 Å². The molecule has 3 aromatic rings. The third-order valence-corrected chi connectivity index (χ3v) is 5.05. The van der Waals surface area contributed by atoms with Crippen molar-refractivity contribution in [3.8, 4) is 11.3 Å². The molecule has 0 saturated carbocycles. The van der Waals surface area contributed by atoms with Crippen molar-refractivity contribution in [2.45, 2.75) is 25.8 Å². The Morgan fingerprint density at radius 1 is 1.00 bits per heavy atom. The number of fused-ring (bicyclic) bond motifs is 1. The molecule has 0 bridgehead atoms. The fourth-order valence-electron chi connectivity index (χ4n) is 3.59. The van der Waals surface area contributed by atoms with Crippen molar-refractivity contribution < 1.29 is 0 Å². The summed E-state index contributed by atoms with van der Waals surface area (Å²) in [5, 5.41) is 8.46. The van der Waals surface area contributed by atoms with Gasteiger partial charge in [0.2, 0.25) is 0 Å². The van der Waals surface area contributed by atoms with E-state index in [-0.39, 0.29) is 5.56 Å². The molecular weight excluding hydrogens is 298 g/mol. The summed E-state index contributed by atoms with van der Waals surface area (Å²) >= 11 is 0. The Morgan fingerprint density at radius 2 is 1.67 bits per heavy atom. The topological polar surface area (TPSA) is 49.0 Å². The normalized spacial score (nSPS) is 16.5. The van der Waals surface area contributed by atoms with Gasteiger partial charge in [-0.3, -0.25) is 9.69 Å². The first kappa shape index (κ1) is 15.1. The molecular formula is C20H21N3O. The van der Waals surface area contributed by atoms with E-state index in [1.54, 1.807) is 0 Å². The Morgan fingerprint density at radius 3 is 2.38 bits per heavy atom. The highest BCUT2D eigenvalue weighted by molar-refractivity contribution is 5.93. The van der Waals surface area contributed by atoms with Crippen molar-refractivity contribution in [3.05, 3.63) is 64.4 Å². The Bertz CT molecular complexity index is 908. The molecule has 0 radical (unpaired) electrons. The van der Waals surface area contributed by atoms with Crippen LogP contribution in [0.5, 0.6) is 0 Å². The molecule has 4 nitrogen and oxygen atoms in total. The molecule has 2 aromatic carbocycles. The van der Waals surface area contributed by atoms with Gasteiger partial charge < -0.3 is 0 Å². The highest BCUT2D eigenvalue weighted by Gasteiger charge is 2.19. The zero-order chi connectivity index (χ0) is 16.5. The molecule has 1 fully saturated rings. The number of nitrogens with one attached hydrogen (secondary N) is 1. The molecule has 1 atom stereocenters. The van der Waals surface area contributed by atoms with E-state index in [0.717, 1.165) is 16.6 Å². The molecule has 0 spiro atoms. The quantitative estimate of drug-likeness (QED) is 0.800. The Balaban J connectivity index is 1.71. The van der Waals surface area contributed by atoms with Gasteiger partial charge in [0, 0.05) is 17.0 Å². The second-order valence-electron chi connectivity index (χ2n) is 6.49. The van der Waals surface area contributed by atoms with Crippen molar-refractivity contribution in [3.63, 3.8) is 0 Å². The van der Waals surface area contributed by atoms with Crippen LogP contribution < -0.4 is 5.56 Å². The molecule has 0 unspecified atom stereocenters. The van der Waals surface area contributed by atoms with Crippen LogP contribution in [-0.2, 0) is 0 Å². The number of aromatic nitrogens is 2. The van der Waals surface area contributed by atoms with Crippen LogP contribution in [0.25, 0.3) is 22.0 Å². The summed E-state index contributed by atoms with van der Waals surface area (Å²) in [4.78, 5) is 14.5. The van der Waals surface area contributed by atoms with Gasteiger partial charge in [0.05, 0.1) is 11.1 Å². The maximum atomic E-state index is 11.9. The minimum absolute atomic E-state index is 0.145. The maximum Gasteiger partial charge on any atom is 0.272 e. The minimum Gasteiger partial charge on any atom is -0.297 e.